The topological polar surface area (TPSA) is 108 Å². The number of allylic oxidation sites excluding steroid dienone is 6. The van der Waals surface area contributed by atoms with Crippen LogP contribution < -0.4 is 10.2 Å². The van der Waals surface area contributed by atoms with Gasteiger partial charge in [-0.25, -0.2) is 0 Å². The average molecular weight is 1160 g/mol. The zero-order valence-corrected chi connectivity index (χ0v) is 55.9. The van der Waals surface area contributed by atoms with E-state index in [4.69, 9.17) is 9.05 Å². The standard InChI is InChI=1S/C72H141N2O6P/c1-6-8-10-12-14-16-18-20-22-24-26-28-30-31-32-33-34-35-36-37-38-39-40-41-42-43-44-46-48-50-52-54-56-58-60-62-64-66-72(76)73-70(69-80-81(77,78)79-68-67-74(3,4)5)71(75)65-63-61-59-57-55-53-51-49-47-45-29-27-25-23-21-19-17-15-13-11-9-7-2/h18,20,24,26,30-31,70-71,75H,6-17,19,21-23,25,27-29,32-69H2,1-5H3,(H-,73,76,77,78)/b20-18-,26-24-,31-30-. The van der Waals surface area contributed by atoms with Crippen LogP contribution in [0.25, 0.3) is 0 Å². The fourth-order valence-corrected chi connectivity index (χ4v) is 11.8. The van der Waals surface area contributed by atoms with Crippen LogP contribution in [0.2, 0.25) is 0 Å². The van der Waals surface area contributed by atoms with E-state index >= 15 is 0 Å². The van der Waals surface area contributed by atoms with Gasteiger partial charge >= 0.3 is 0 Å². The van der Waals surface area contributed by atoms with Gasteiger partial charge in [0, 0.05) is 6.42 Å². The molecule has 3 atom stereocenters. The van der Waals surface area contributed by atoms with Gasteiger partial charge in [-0.2, -0.15) is 0 Å². The van der Waals surface area contributed by atoms with Crippen LogP contribution in [0.3, 0.4) is 0 Å². The first-order chi connectivity index (χ1) is 39.5. The third-order valence-corrected chi connectivity index (χ3v) is 17.6. The molecule has 8 nitrogen and oxygen atoms in total. The SMILES string of the molecule is CCCCCCC/C=C\C/C=C\C/C=C\CCCCCCCCCCCCCCCCCCCCCCCCC(=O)NC(COP(=O)([O-])OCC[N+](C)(C)C)C(O)CCCCCCCCCCCCCCCCCCCCCCCC. The molecular formula is C72H141N2O6P. The lowest BCUT2D eigenvalue weighted by molar-refractivity contribution is -0.870. The Morgan fingerprint density at radius 2 is 0.716 bits per heavy atom. The van der Waals surface area contributed by atoms with Gasteiger partial charge in [0.2, 0.25) is 5.91 Å². The van der Waals surface area contributed by atoms with E-state index in [9.17, 15) is 19.4 Å². The number of hydrogen-bond acceptors (Lipinski definition) is 6. The third kappa shape index (κ3) is 66.1. The molecule has 0 aromatic rings. The Balaban J connectivity index is 3.94. The molecule has 0 fully saturated rings. The Hall–Kier alpha value is -1.28. The van der Waals surface area contributed by atoms with E-state index in [1.54, 1.807) is 0 Å². The maximum atomic E-state index is 13.1. The predicted octanol–water partition coefficient (Wildman–Crippen LogP) is 22.2. The highest BCUT2D eigenvalue weighted by Gasteiger charge is 2.24. The Morgan fingerprint density at radius 1 is 0.432 bits per heavy atom. The van der Waals surface area contributed by atoms with Crippen LogP contribution in [0.5, 0.6) is 0 Å². The molecule has 0 heterocycles. The van der Waals surface area contributed by atoms with E-state index in [0.717, 1.165) is 51.4 Å². The van der Waals surface area contributed by atoms with Crippen molar-refractivity contribution >= 4 is 13.7 Å². The Kier molecular flexibility index (Phi) is 62.2. The predicted molar refractivity (Wildman–Crippen MR) is 353 cm³/mol. The van der Waals surface area contributed by atoms with E-state index in [2.05, 4.69) is 55.6 Å². The van der Waals surface area contributed by atoms with Crippen molar-refractivity contribution in [3.63, 3.8) is 0 Å². The number of phosphoric acid groups is 1. The molecule has 0 aromatic heterocycles. The van der Waals surface area contributed by atoms with Gasteiger partial charge in [0.25, 0.3) is 7.82 Å². The summed E-state index contributed by atoms with van der Waals surface area (Å²) in [7, 11) is 1.32. The molecule has 0 bridgehead atoms. The molecule has 81 heavy (non-hydrogen) atoms. The van der Waals surface area contributed by atoms with Crippen molar-refractivity contribution in [2.75, 3.05) is 40.9 Å². The van der Waals surface area contributed by atoms with Crippen molar-refractivity contribution in [3.8, 4) is 0 Å². The van der Waals surface area contributed by atoms with E-state index in [-0.39, 0.29) is 19.1 Å². The van der Waals surface area contributed by atoms with E-state index in [1.807, 2.05) is 21.1 Å². The number of amides is 1. The van der Waals surface area contributed by atoms with Gasteiger partial charge in [-0.1, -0.05) is 346 Å². The fraction of sp³-hybridized carbons (Fsp3) is 0.903. The van der Waals surface area contributed by atoms with Gasteiger partial charge < -0.3 is 28.8 Å². The monoisotopic (exact) mass is 1160 g/mol. The molecule has 0 saturated carbocycles. The van der Waals surface area contributed by atoms with Gasteiger partial charge in [0.05, 0.1) is 39.9 Å². The lowest BCUT2D eigenvalue weighted by Crippen LogP contribution is -2.46. The molecule has 2 N–H and O–H groups in total. The highest BCUT2D eigenvalue weighted by molar-refractivity contribution is 7.45. The van der Waals surface area contributed by atoms with Gasteiger partial charge in [0.1, 0.15) is 13.2 Å². The van der Waals surface area contributed by atoms with Crippen LogP contribution >= 0.6 is 7.82 Å². The number of rotatable bonds is 67. The molecule has 0 spiro atoms. The normalized spacial score (nSPS) is 13.8. The van der Waals surface area contributed by atoms with Crippen molar-refractivity contribution in [1.82, 2.24) is 5.32 Å². The smallest absolute Gasteiger partial charge is 0.268 e. The number of nitrogens with zero attached hydrogens (tertiary/aromatic N) is 1. The summed E-state index contributed by atoms with van der Waals surface area (Å²) < 4.78 is 23.5. The van der Waals surface area contributed by atoms with Gasteiger partial charge in [-0.15, -0.1) is 0 Å². The average Bonchev–Trinajstić information content (AvgIpc) is 3.43. The van der Waals surface area contributed by atoms with E-state index < -0.39 is 20.0 Å². The Morgan fingerprint density at radius 3 is 1.04 bits per heavy atom. The number of quaternary nitrogens is 1. The number of aliphatic hydroxyl groups is 1. The van der Waals surface area contributed by atoms with Gasteiger partial charge in [0.15, 0.2) is 0 Å². The largest absolute Gasteiger partial charge is 0.756 e. The van der Waals surface area contributed by atoms with Crippen molar-refractivity contribution in [3.05, 3.63) is 36.5 Å². The highest BCUT2D eigenvalue weighted by atomic mass is 31.2. The molecule has 0 aliphatic heterocycles. The molecule has 0 aromatic carbocycles. The minimum atomic E-state index is -4.58. The first-order valence-electron chi connectivity index (χ1n) is 35.8. The van der Waals surface area contributed by atoms with E-state index in [0.29, 0.717) is 23.9 Å². The number of aliphatic hydroxyl groups excluding tert-OH is 1. The molecule has 0 aliphatic rings. The Labute approximate surface area is 506 Å². The van der Waals surface area contributed by atoms with Crippen molar-refractivity contribution in [2.24, 2.45) is 0 Å². The van der Waals surface area contributed by atoms with Crippen LogP contribution in [0.1, 0.15) is 367 Å². The number of phosphoric ester groups is 1. The highest BCUT2D eigenvalue weighted by Crippen LogP contribution is 2.38. The van der Waals surface area contributed by atoms with Crippen LogP contribution in [0.15, 0.2) is 36.5 Å². The maximum absolute atomic E-state index is 13.1. The molecule has 0 aliphatic carbocycles. The first-order valence-corrected chi connectivity index (χ1v) is 37.3. The molecule has 1 amide bonds. The zero-order chi connectivity index (χ0) is 59.1. The fourth-order valence-electron chi connectivity index (χ4n) is 11.1. The van der Waals surface area contributed by atoms with Crippen molar-refractivity contribution in [2.45, 2.75) is 379 Å². The number of carbonyl (C=O) groups excluding carboxylic acids is 1. The molecule has 9 heteroatoms. The second-order valence-corrected chi connectivity index (χ2v) is 27.4. The number of nitrogens with one attached hydrogen (secondary N) is 1. The first kappa shape index (κ1) is 79.7. The number of likely N-dealkylation sites (N-methyl/N-ethyl adjacent to an activating group) is 1. The summed E-state index contributed by atoms with van der Waals surface area (Å²) in [5.41, 5.74) is 0. The molecule has 3 unspecified atom stereocenters. The summed E-state index contributed by atoms with van der Waals surface area (Å²) in [6.45, 7) is 4.77. The molecular weight excluding hydrogens is 1020 g/mol. The number of carbonyl (C=O) groups is 1. The Bertz CT molecular complexity index is 1410. The molecule has 0 radical (unpaired) electrons. The second kappa shape index (κ2) is 63.2. The summed E-state index contributed by atoms with van der Waals surface area (Å²) in [4.78, 5) is 25.7. The lowest BCUT2D eigenvalue weighted by atomic mass is 10.0. The van der Waals surface area contributed by atoms with Gasteiger partial charge in [-0.3, -0.25) is 9.36 Å². The van der Waals surface area contributed by atoms with Crippen LogP contribution in [-0.4, -0.2) is 68.5 Å². The minimum absolute atomic E-state index is 0.0147. The van der Waals surface area contributed by atoms with Crippen LogP contribution in [0, 0.1) is 0 Å². The summed E-state index contributed by atoms with van der Waals surface area (Å²) in [5.74, 6) is -0.157. The summed E-state index contributed by atoms with van der Waals surface area (Å²) in [5, 5.41) is 14.1. The zero-order valence-electron chi connectivity index (χ0n) is 55.0. The molecule has 0 saturated heterocycles. The van der Waals surface area contributed by atoms with E-state index in [1.165, 1.54) is 289 Å². The van der Waals surface area contributed by atoms with Gasteiger partial charge in [-0.05, 0) is 51.4 Å². The summed E-state index contributed by atoms with van der Waals surface area (Å²) in [6, 6.07) is -0.800. The summed E-state index contributed by atoms with van der Waals surface area (Å²) in [6.07, 6.45) is 83.7. The number of hydrogen-bond donors (Lipinski definition) is 2. The van der Waals surface area contributed by atoms with Crippen molar-refractivity contribution < 1.29 is 32.9 Å². The third-order valence-electron chi connectivity index (χ3n) is 16.6. The number of unbranched alkanes of at least 4 members (excludes halogenated alkanes) is 48. The maximum Gasteiger partial charge on any atom is 0.268 e. The quantitative estimate of drug-likeness (QED) is 0.0272. The molecule has 480 valence electrons. The van der Waals surface area contributed by atoms with Crippen molar-refractivity contribution in [1.29, 1.82) is 0 Å². The minimum Gasteiger partial charge on any atom is -0.756 e. The second-order valence-electron chi connectivity index (χ2n) is 26.0. The lowest BCUT2D eigenvalue weighted by Gasteiger charge is -2.30. The van der Waals surface area contributed by atoms with Crippen LogP contribution in [-0.2, 0) is 18.4 Å². The van der Waals surface area contributed by atoms with Crippen LogP contribution in [0.4, 0.5) is 0 Å². The molecule has 0 rings (SSSR count). The summed E-state index contributed by atoms with van der Waals surface area (Å²) >= 11 is 0.